The van der Waals surface area contributed by atoms with E-state index in [-0.39, 0.29) is 42.4 Å². The van der Waals surface area contributed by atoms with Gasteiger partial charge in [0.1, 0.15) is 24.1 Å². The Morgan fingerprint density at radius 2 is 1.68 bits per heavy atom. The summed E-state index contributed by atoms with van der Waals surface area (Å²) in [5, 5.41) is 32.3. The number of ether oxygens (including phenoxy) is 1. The van der Waals surface area contributed by atoms with E-state index in [2.05, 4.69) is 22.4 Å². The Labute approximate surface area is 195 Å². The number of rotatable bonds is 8. The van der Waals surface area contributed by atoms with E-state index in [1.165, 1.54) is 6.20 Å². The molecule has 0 saturated heterocycles. The predicted molar refractivity (Wildman–Crippen MR) is 124 cm³/mol. The van der Waals surface area contributed by atoms with Gasteiger partial charge in [0.25, 0.3) is 0 Å². The van der Waals surface area contributed by atoms with Crippen molar-refractivity contribution in [2.45, 2.75) is 24.5 Å². The molecule has 0 aliphatic heterocycles. The van der Waals surface area contributed by atoms with Crippen LogP contribution in [-0.4, -0.2) is 51.6 Å². The number of anilines is 1. The van der Waals surface area contributed by atoms with Gasteiger partial charge in [-0.25, -0.2) is 14.6 Å². The van der Waals surface area contributed by atoms with E-state index in [1.807, 2.05) is 36.4 Å². The number of carbonyl (C=O) groups excluding carboxylic acids is 1. The van der Waals surface area contributed by atoms with Crippen LogP contribution in [-0.2, 0) is 4.74 Å². The molecule has 1 aliphatic rings. The molecule has 0 spiro atoms. The number of carboxylic acids is 1. The monoisotopic (exact) mass is 463 g/mol. The van der Waals surface area contributed by atoms with Crippen LogP contribution in [0.25, 0.3) is 11.1 Å². The molecule has 1 aliphatic carbocycles. The Morgan fingerprint density at radius 1 is 1.06 bits per heavy atom. The zero-order valence-corrected chi connectivity index (χ0v) is 18.2. The number of carbonyl (C=O) groups is 2. The Morgan fingerprint density at radius 3 is 2.29 bits per heavy atom. The van der Waals surface area contributed by atoms with Gasteiger partial charge in [0.15, 0.2) is 0 Å². The maximum Gasteiger partial charge on any atom is 0.407 e. The number of benzene rings is 2. The number of amides is 1. The maximum atomic E-state index is 12.2. The van der Waals surface area contributed by atoms with Crippen LogP contribution < -0.4 is 11.1 Å². The third kappa shape index (κ3) is 4.70. The fourth-order valence-corrected chi connectivity index (χ4v) is 4.18. The van der Waals surface area contributed by atoms with Crippen LogP contribution in [0.5, 0.6) is 0 Å². The Hall–Kier alpha value is -3.95. The van der Waals surface area contributed by atoms with E-state index in [1.54, 1.807) is 0 Å². The summed E-state index contributed by atoms with van der Waals surface area (Å²) in [5.74, 6) is -1.53. The fourth-order valence-electron chi connectivity index (χ4n) is 4.18. The largest absolute Gasteiger partial charge is 0.478 e. The number of aromatic carboxylic acids is 1. The minimum Gasteiger partial charge on any atom is -0.478 e. The lowest BCUT2D eigenvalue weighted by Gasteiger charge is -2.19. The number of aliphatic hydroxyl groups excluding tert-OH is 2. The van der Waals surface area contributed by atoms with Crippen molar-refractivity contribution in [3.8, 4) is 11.1 Å². The number of hydrogen-bond acceptors (Lipinski definition) is 7. The van der Waals surface area contributed by atoms with E-state index >= 15 is 0 Å². The summed E-state index contributed by atoms with van der Waals surface area (Å²) in [7, 11) is 0. The van der Waals surface area contributed by atoms with E-state index in [0.29, 0.717) is 0 Å². The van der Waals surface area contributed by atoms with Gasteiger partial charge in [0.05, 0.1) is 6.10 Å². The fraction of sp³-hybridized carbons (Fsp3) is 0.240. The average molecular weight is 463 g/mol. The molecule has 4 rings (SSSR count). The molecule has 1 amide bonds. The summed E-state index contributed by atoms with van der Waals surface area (Å²) in [6, 6.07) is 17.2. The van der Waals surface area contributed by atoms with Crippen LogP contribution in [0.1, 0.15) is 45.5 Å². The summed E-state index contributed by atoms with van der Waals surface area (Å²) in [5.41, 5.74) is 9.83. The minimum atomic E-state index is -1.39. The molecule has 34 heavy (non-hydrogen) atoms. The number of nitrogens with two attached hydrogens (primary N) is 1. The first kappa shape index (κ1) is 23.2. The molecule has 1 aromatic heterocycles. The first-order valence-electron chi connectivity index (χ1n) is 10.8. The van der Waals surface area contributed by atoms with Crippen LogP contribution in [0.2, 0.25) is 0 Å². The van der Waals surface area contributed by atoms with Crippen molar-refractivity contribution >= 4 is 17.9 Å². The zero-order chi connectivity index (χ0) is 24.2. The van der Waals surface area contributed by atoms with Crippen LogP contribution in [0.15, 0.2) is 60.8 Å². The van der Waals surface area contributed by atoms with E-state index < -0.39 is 24.3 Å². The number of nitrogen functional groups attached to an aromatic ring is 1. The molecule has 3 aromatic rings. The van der Waals surface area contributed by atoms with Crippen molar-refractivity contribution in [1.29, 1.82) is 0 Å². The van der Waals surface area contributed by atoms with Gasteiger partial charge in [-0.3, -0.25) is 0 Å². The van der Waals surface area contributed by atoms with Gasteiger partial charge in [-0.1, -0.05) is 48.5 Å². The molecule has 0 radical (unpaired) electrons. The second kappa shape index (κ2) is 9.90. The molecule has 0 bridgehead atoms. The first-order chi connectivity index (χ1) is 16.4. The number of carboxylic acid groups (broad SMARTS) is 1. The highest BCUT2D eigenvalue weighted by molar-refractivity contribution is 5.92. The van der Waals surface area contributed by atoms with Crippen molar-refractivity contribution < 1.29 is 29.6 Å². The zero-order valence-electron chi connectivity index (χ0n) is 18.2. The van der Waals surface area contributed by atoms with Crippen LogP contribution in [0, 0.1) is 0 Å². The van der Waals surface area contributed by atoms with E-state index in [0.717, 1.165) is 28.3 Å². The number of hydrogen-bond donors (Lipinski definition) is 5. The van der Waals surface area contributed by atoms with Gasteiger partial charge >= 0.3 is 12.1 Å². The summed E-state index contributed by atoms with van der Waals surface area (Å²) >= 11 is 0. The Bertz CT molecular complexity index is 1170. The minimum absolute atomic E-state index is 0.0120. The summed E-state index contributed by atoms with van der Waals surface area (Å²) < 4.78 is 5.44. The smallest absolute Gasteiger partial charge is 0.407 e. The number of alkyl carbamates (subject to hydrolysis) is 1. The predicted octanol–water partition coefficient (Wildman–Crippen LogP) is 2.69. The molecule has 2 atom stereocenters. The maximum absolute atomic E-state index is 12.2. The molecule has 176 valence electrons. The second-order valence-corrected chi connectivity index (χ2v) is 8.06. The van der Waals surface area contributed by atoms with Crippen molar-refractivity contribution in [2.75, 3.05) is 18.9 Å². The number of nitrogens with one attached hydrogen (secondary N) is 1. The number of aromatic nitrogens is 1. The van der Waals surface area contributed by atoms with Gasteiger partial charge in [-0.05, 0) is 34.7 Å². The van der Waals surface area contributed by atoms with E-state index in [4.69, 9.17) is 15.6 Å². The van der Waals surface area contributed by atoms with Crippen LogP contribution in [0.4, 0.5) is 10.6 Å². The van der Waals surface area contributed by atoms with Crippen molar-refractivity contribution in [1.82, 2.24) is 10.3 Å². The quantitative estimate of drug-likeness (QED) is 0.341. The number of nitrogens with zero attached hydrogens (tertiary/aromatic N) is 1. The molecule has 2 unspecified atom stereocenters. The number of pyridine rings is 1. The van der Waals surface area contributed by atoms with Gasteiger partial charge in [0, 0.05) is 24.2 Å². The third-order valence-corrected chi connectivity index (χ3v) is 5.93. The van der Waals surface area contributed by atoms with Gasteiger partial charge in [0.2, 0.25) is 0 Å². The molecular formula is C25H25N3O6. The Balaban J connectivity index is 1.29. The molecule has 0 saturated carbocycles. The summed E-state index contributed by atoms with van der Waals surface area (Å²) in [6.07, 6.45) is -2.07. The summed E-state index contributed by atoms with van der Waals surface area (Å²) in [4.78, 5) is 27.2. The molecule has 1 heterocycles. The number of aliphatic hydroxyl groups is 2. The van der Waals surface area contributed by atoms with Crippen molar-refractivity contribution in [3.63, 3.8) is 0 Å². The van der Waals surface area contributed by atoms with Crippen LogP contribution in [0.3, 0.4) is 0 Å². The summed E-state index contributed by atoms with van der Waals surface area (Å²) in [6.45, 7) is 0.212. The molecule has 6 N–H and O–H groups in total. The highest BCUT2D eigenvalue weighted by Crippen LogP contribution is 2.44. The molecule has 0 fully saturated rings. The topological polar surface area (TPSA) is 155 Å². The Kier molecular flexibility index (Phi) is 6.76. The highest BCUT2D eigenvalue weighted by Gasteiger charge is 2.29. The highest BCUT2D eigenvalue weighted by atomic mass is 16.5. The number of fused-ring (bicyclic) bond motifs is 3. The van der Waals surface area contributed by atoms with Crippen molar-refractivity contribution in [2.24, 2.45) is 0 Å². The van der Waals surface area contributed by atoms with Crippen LogP contribution >= 0.6 is 0 Å². The lowest BCUT2D eigenvalue weighted by atomic mass is 9.98. The normalized spacial score (nSPS) is 14.1. The molecule has 9 heteroatoms. The van der Waals surface area contributed by atoms with Gasteiger partial charge in [-0.2, -0.15) is 0 Å². The molecular weight excluding hydrogens is 438 g/mol. The van der Waals surface area contributed by atoms with Crippen molar-refractivity contribution in [3.05, 3.63) is 83.0 Å². The lowest BCUT2D eigenvalue weighted by molar-refractivity contribution is 0.0134. The molecule has 9 nitrogen and oxygen atoms in total. The third-order valence-electron chi connectivity index (χ3n) is 5.93. The standard InChI is InChI=1S/C25H25N3O6/c26-23-19(24(31)32)11-14(12-28-23)22(30)21(29)9-10-27-25(33)34-13-20-17-7-3-1-5-15(17)16-6-2-4-8-18(16)20/h1-8,11-12,20-22,29-30H,9-10,13H2,(H2,26,28)(H,27,33)(H,31,32). The van der Waals surface area contributed by atoms with E-state index in [9.17, 15) is 19.8 Å². The molecule has 2 aromatic carbocycles. The average Bonchev–Trinajstić information content (AvgIpc) is 3.16. The first-order valence-corrected chi connectivity index (χ1v) is 10.8. The SMILES string of the molecule is Nc1ncc(C(O)C(O)CCNC(=O)OCC2c3ccccc3-c3ccccc32)cc1C(=O)O. The van der Waals surface area contributed by atoms with Gasteiger partial charge in [-0.15, -0.1) is 0 Å². The second-order valence-electron chi connectivity index (χ2n) is 8.06. The lowest BCUT2D eigenvalue weighted by Crippen LogP contribution is -2.30. The van der Waals surface area contributed by atoms with Gasteiger partial charge < -0.3 is 31.1 Å².